The molecule has 146 valence electrons. The van der Waals surface area contributed by atoms with E-state index in [1.165, 1.54) is 0 Å². The van der Waals surface area contributed by atoms with E-state index in [4.69, 9.17) is 14.2 Å². The van der Waals surface area contributed by atoms with E-state index >= 15 is 0 Å². The fourth-order valence-electron chi connectivity index (χ4n) is 3.46. The highest BCUT2D eigenvalue weighted by atomic mass is 16.5. The van der Waals surface area contributed by atoms with Crippen LogP contribution in [0.15, 0.2) is 42.2 Å². The normalized spacial score (nSPS) is 18.2. The van der Waals surface area contributed by atoms with Crippen molar-refractivity contribution in [1.29, 1.82) is 0 Å². The summed E-state index contributed by atoms with van der Waals surface area (Å²) in [4.78, 5) is 15.1. The van der Waals surface area contributed by atoms with Gasteiger partial charge in [-0.2, -0.15) is 0 Å². The average molecular weight is 381 g/mol. The summed E-state index contributed by atoms with van der Waals surface area (Å²) in [5, 5.41) is 10.4. The zero-order valence-corrected chi connectivity index (χ0v) is 15.8. The number of para-hydroxylation sites is 1. The maximum Gasteiger partial charge on any atom is 0.231 e. The zero-order valence-electron chi connectivity index (χ0n) is 15.8. The minimum absolute atomic E-state index is 0.133. The summed E-state index contributed by atoms with van der Waals surface area (Å²) >= 11 is 0. The van der Waals surface area contributed by atoms with Gasteiger partial charge in [-0.25, -0.2) is 0 Å². The standard InChI is InChI=1S/C22H23NO5/c1-2-27-19-6-4-3-5-15(19)13-20-21(25)16-7-8-18(24)17(22(16)28-20)14-23-9-11-26-12-10-23/h3-8,13,24H,2,9-12,14H2,1H3. The number of benzene rings is 2. The molecule has 0 bridgehead atoms. The molecule has 0 radical (unpaired) electrons. The number of morpholine rings is 1. The summed E-state index contributed by atoms with van der Waals surface area (Å²) in [6.45, 7) is 5.84. The lowest BCUT2D eigenvalue weighted by molar-refractivity contribution is 0.0336. The van der Waals surface area contributed by atoms with Crippen LogP contribution in [0.25, 0.3) is 6.08 Å². The molecule has 2 aromatic rings. The van der Waals surface area contributed by atoms with Gasteiger partial charge < -0.3 is 19.3 Å². The predicted octanol–water partition coefficient (Wildman–Crippen LogP) is 3.24. The maximum absolute atomic E-state index is 12.9. The number of fused-ring (bicyclic) bond motifs is 1. The summed E-state index contributed by atoms with van der Waals surface area (Å²) in [7, 11) is 0. The summed E-state index contributed by atoms with van der Waals surface area (Å²) in [5.74, 6) is 1.31. The number of phenols is 1. The number of ether oxygens (including phenoxy) is 3. The van der Waals surface area contributed by atoms with Crippen LogP contribution in [-0.4, -0.2) is 48.7 Å². The van der Waals surface area contributed by atoms with E-state index in [9.17, 15) is 9.90 Å². The molecule has 2 aliphatic rings. The lowest BCUT2D eigenvalue weighted by Gasteiger charge is -2.27. The first-order valence-electron chi connectivity index (χ1n) is 9.48. The van der Waals surface area contributed by atoms with Crippen LogP contribution in [-0.2, 0) is 11.3 Å². The molecule has 1 saturated heterocycles. The van der Waals surface area contributed by atoms with Crippen molar-refractivity contribution in [3.8, 4) is 17.2 Å². The maximum atomic E-state index is 12.9. The van der Waals surface area contributed by atoms with Crippen LogP contribution in [0.4, 0.5) is 0 Å². The number of allylic oxidation sites excluding steroid dienone is 1. The number of nitrogens with zero attached hydrogens (tertiary/aromatic N) is 1. The van der Waals surface area contributed by atoms with Crippen molar-refractivity contribution in [3.05, 3.63) is 58.8 Å². The van der Waals surface area contributed by atoms with Crippen molar-refractivity contribution in [2.45, 2.75) is 13.5 Å². The molecule has 6 nitrogen and oxygen atoms in total. The third-order valence-electron chi connectivity index (χ3n) is 4.91. The van der Waals surface area contributed by atoms with Crippen LogP contribution >= 0.6 is 0 Å². The first-order valence-corrected chi connectivity index (χ1v) is 9.48. The Kier molecular flexibility index (Phi) is 5.32. The van der Waals surface area contributed by atoms with Crippen molar-refractivity contribution in [3.63, 3.8) is 0 Å². The second-order valence-corrected chi connectivity index (χ2v) is 6.74. The number of rotatable bonds is 5. The summed E-state index contributed by atoms with van der Waals surface area (Å²) < 4.78 is 17.0. The van der Waals surface area contributed by atoms with Gasteiger partial charge in [0.05, 0.1) is 30.9 Å². The molecule has 0 spiro atoms. The van der Waals surface area contributed by atoms with Gasteiger partial charge in [-0.15, -0.1) is 0 Å². The Bertz CT molecular complexity index is 915. The summed E-state index contributed by atoms with van der Waals surface area (Å²) in [6.07, 6.45) is 1.70. The van der Waals surface area contributed by atoms with E-state index in [1.54, 1.807) is 18.2 Å². The van der Waals surface area contributed by atoms with Gasteiger partial charge in [-0.3, -0.25) is 9.69 Å². The molecule has 1 fully saturated rings. The molecule has 0 atom stereocenters. The first kappa shape index (κ1) is 18.5. The van der Waals surface area contributed by atoms with Gasteiger partial charge in [-0.05, 0) is 31.2 Å². The van der Waals surface area contributed by atoms with Crippen molar-refractivity contribution < 1.29 is 24.1 Å². The molecular formula is C22H23NO5. The Morgan fingerprint density at radius 2 is 1.96 bits per heavy atom. The van der Waals surface area contributed by atoms with Gasteiger partial charge in [0.1, 0.15) is 17.2 Å². The van der Waals surface area contributed by atoms with Crippen molar-refractivity contribution in [1.82, 2.24) is 4.90 Å². The van der Waals surface area contributed by atoms with E-state index in [1.807, 2.05) is 31.2 Å². The largest absolute Gasteiger partial charge is 0.507 e. The fourth-order valence-corrected chi connectivity index (χ4v) is 3.46. The van der Waals surface area contributed by atoms with Gasteiger partial charge in [-0.1, -0.05) is 18.2 Å². The second-order valence-electron chi connectivity index (χ2n) is 6.74. The Labute approximate surface area is 163 Å². The van der Waals surface area contributed by atoms with Crippen LogP contribution in [0.3, 0.4) is 0 Å². The van der Waals surface area contributed by atoms with E-state index in [0.717, 1.165) is 18.7 Å². The number of hydrogen-bond acceptors (Lipinski definition) is 6. The lowest BCUT2D eigenvalue weighted by atomic mass is 10.0. The zero-order chi connectivity index (χ0) is 19.5. The highest BCUT2D eigenvalue weighted by Gasteiger charge is 2.32. The van der Waals surface area contributed by atoms with Crippen LogP contribution in [0.5, 0.6) is 17.2 Å². The minimum atomic E-state index is -0.190. The molecule has 0 amide bonds. The predicted molar refractivity (Wildman–Crippen MR) is 105 cm³/mol. The molecule has 6 heteroatoms. The van der Waals surface area contributed by atoms with Gasteiger partial charge in [0.2, 0.25) is 5.78 Å². The fraction of sp³-hybridized carbons (Fsp3) is 0.318. The Morgan fingerprint density at radius 3 is 2.75 bits per heavy atom. The van der Waals surface area contributed by atoms with Crippen LogP contribution in [0.1, 0.15) is 28.4 Å². The quantitative estimate of drug-likeness (QED) is 0.802. The average Bonchev–Trinajstić information content (AvgIpc) is 3.02. The third kappa shape index (κ3) is 3.61. The van der Waals surface area contributed by atoms with Crippen molar-refractivity contribution >= 4 is 11.9 Å². The molecule has 0 aliphatic carbocycles. The number of carbonyl (C=O) groups excluding carboxylic acids is 1. The third-order valence-corrected chi connectivity index (χ3v) is 4.91. The minimum Gasteiger partial charge on any atom is -0.507 e. The molecule has 2 heterocycles. The van der Waals surface area contributed by atoms with E-state index in [2.05, 4.69) is 4.90 Å². The van der Waals surface area contributed by atoms with Crippen LogP contribution < -0.4 is 9.47 Å². The Hall–Kier alpha value is -2.83. The van der Waals surface area contributed by atoms with Gasteiger partial charge >= 0.3 is 0 Å². The highest BCUT2D eigenvalue weighted by Crippen LogP contribution is 2.40. The Morgan fingerprint density at radius 1 is 1.18 bits per heavy atom. The number of carbonyl (C=O) groups is 1. The van der Waals surface area contributed by atoms with Crippen molar-refractivity contribution in [2.75, 3.05) is 32.9 Å². The molecule has 4 rings (SSSR count). The number of aromatic hydroxyl groups is 1. The van der Waals surface area contributed by atoms with Crippen molar-refractivity contribution in [2.24, 2.45) is 0 Å². The molecule has 0 unspecified atom stereocenters. The van der Waals surface area contributed by atoms with Crippen LogP contribution in [0.2, 0.25) is 0 Å². The number of hydrogen-bond donors (Lipinski definition) is 1. The number of ketones is 1. The molecule has 0 saturated carbocycles. The molecular weight excluding hydrogens is 358 g/mol. The summed E-state index contributed by atoms with van der Waals surface area (Å²) in [6, 6.07) is 10.7. The first-order chi connectivity index (χ1) is 13.7. The second kappa shape index (κ2) is 8.04. The Balaban J connectivity index is 1.65. The molecule has 0 aromatic heterocycles. The highest BCUT2D eigenvalue weighted by molar-refractivity contribution is 6.15. The number of Topliss-reactive ketones (excluding diaryl/α,β-unsaturated/α-hetero) is 1. The van der Waals surface area contributed by atoms with Crippen LogP contribution in [0, 0.1) is 0 Å². The van der Waals surface area contributed by atoms with E-state index in [0.29, 0.717) is 49.0 Å². The van der Waals surface area contributed by atoms with Gasteiger partial charge in [0.25, 0.3) is 0 Å². The molecule has 1 N–H and O–H groups in total. The smallest absolute Gasteiger partial charge is 0.231 e. The van der Waals surface area contributed by atoms with E-state index in [-0.39, 0.29) is 17.3 Å². The summed E-state index contributed by atoms with van der Waals surface area (Å²) in [5.41, 5.74) is 1.88. The van der Waals surface area contributed by atoms with E-state index < -0.39 is 0 Å². The topological polar surface area (TPSA) is 68.2 Å². The lowest BCUT2D eigenvalue weighted by Crippen LogP contribution is -2.35. The number of phenolic OH excluding ortho intramolecular Hbond substituents is 1. The SMILES string of the molecule is CCOc1ccccc1C=C1Oc2c(ccc(O)c2CN2CCOCC2)C1=O. The molecule has 2 aromatic carbocycles. The molecule has 2 aliphatic heterocycles. The monoisotopic (exact) mass is 381 g/mol. The van der Waals surface area contributed by atoms with Gasteiger partial charge in [0, 0.05) is 25.2 Å². The molecule has 28 heavy (non-hydrogen) atoms. The van der Waals surface area contributed by atoms with Gasteiger partial charge in [0.15, 0.2) is 5.76 Å².